The van der Waals surface area contributed by atoms with Gasteiger partial charge in [0.1, 0.15) is 11.4 Å². The third-order valence-corrected chi connectivity index (χ3v) is 4.60. The first kappa shape index (κ1) is 13.5. The van der Waals surface area contributed by atoms with Crippen LogP contribution in [0.15, 0.2) is 82.2 Å². The van der Waals surface area contributed by atoms with Gasteiger partial charge < -0.3 is 5.32 Å². The van der Waals surface area contributed by atoms with E-state index in [1.54, 1.807) is 6.20 Å². The van der Waals surface area contributed by atoms with Crippen LogP contribution in [0.3, 0.4) is 0 Å². The standard InChI is InChI=1S/C18H14BrN3/c19-15-8-6-14(7-9-15)18-10-2-1-5-16(18)21-17(22-18)13-4-3-11-20-12-13/h1-9,11-12H,10H2,(H,21,22). The molecule has 2 aromatic rings. The van der Waals surface area contributed by atoms with Crippen LogP contribution in [0, 0.1) is 0 Å². The summed E-state index contributed by atoms with van der Waals surface area (Å²) in [4.78, 5) is 9.23. The molecular weight excluding hydrogens is 338 g/mol. The lowest BCUT2D eigenvalue weighted by atomic mass is 9.82. The maximum atomic E-state index is 5.04. The molecule has 1 aromatic carbocycles. The van der Waals surface area contributed by atoms with Crippen molar-refractivity contribution in [3.05, 3.63) is 88.3 Å². The lowest BCUT2D eigenvalue weighted by Crippen LogP contribution is -2.29. The highest BCUT2D eigenvalue weighted by Gasteiger charge is 2.41. The van der Waals surface area contributed by atoms with E-state index in [0.29, 0.717) is 0 Å². The van der Waals surface area contributed by atoms with Crippen molar-refractivity contribution in [2.75, 3.05) is 0 Å². The van der Waals surface area contributed by atoms with E-state index in [4.69, 9.17) is 4.99 Å². The van der Waals surface area contributed by atoms with Crippen molar-refractivity contribution >= 4 is 21.8 Å². The zero-order valence-electron chi connectivity index (χ0n) is 11.8. The monoisotopic (exact) mass is 351 g/mol. The van der Waals surface area contributed by atoms with Gasteiger partial charge in [-0.1, -0.05) is 40.2 Å². The number of rotatable bonds is 2. The topological polar surface area (TPSA) is 37.3 Å². The van der Waals surface area contributed by atoms with Crippen molar-refractivity contribution < 1.29 is 0 Å². The van der Waals surface area contributed by atoms with Crippen LogP contribution in [0.25, 0.3) is 0 Å². The van der Waals surface area contributed by atoms with Crippen LogP contribution >= 0.6 is 15.9 Å². The maximum absolute atomic E-state index is 5.04. The lowest BCUT2D eigenvalue weighted by Gasteiger charge is -2.28. The third kappa shape index (κ3) is 2.11. The molecule has 1 N–H and O–H groups in total. The number of benzene rings is 1. The Labute approximate surface area is 137 Å². The third-order valence-electron chi connectivity index (χ3n) is 4.07. The average molecular weight is 352 g/mol. The van der Waals surface area contributed by atoms with E-state index < -0.39 is 0 Å². The number of aliphatic imine (C=N–C) groups is 1. The maximum Gasteiger partial charge on any atom is 0.135 e. The van der Waals surface area contributed by atoms with Gasteiger partial charge in [-0.15, -0.1) is 0 Å². The summed E-state index contributed by atoms with van der Waals surface area (Å²) in [7, 11) is 0. The largest absolute Gasteiger partial charge is 0.341 e. The zero-order chi connectivity index (χ0) is 15.0. The Morgan fingerprint density at radius 1 is 1.14 bits per heavy atom. The van der Waals surface area contributed by atoms with Gasteiger partial charge in [0.25, 0.3) is 0 Å². The van der Waals surface area contributed by atoms with Crippen molar-refractivity contribution in [2.24, 2.45) is 4.99 Å². The van der Waals surface area contributed by atoms with Gasteiger partial charge in [0, 0.05) is 34.5 Å². The minimum absolute atomic E-state index is 0.347. The summed E-state index contributed by atoms with van der Waals surface area (Å²) in [6, 6.07) is 12.4. The number of halogens is 1. The van der Waals surface area contributed by atoms with Gasteiger partial charge >= 0.3 is 0 Å². The number of allylic oxidation sites excluding steroid dienone is 2. The fraction of sp³-hybridized carbons (Fsp3) is 0.111. The fourth-order valence-corrected chi connectivity index (χ4v) is 3.22. The van der Waals surface area contributed by atoms with E-state index in [1.807, 2.05) is 18.3 Å². The minimum Gasteiger partial charge on any atom is -0.341 e. The van der Waals surface area contributed by atoms with E-state index in [0.717, 1.165) is 28.0 Å². The van der Waals surface area contributed by atoms with Crippen molar-refractivity contribution in [3.63, 3.8) is 0 Å². The molecule has 22 heavy (non-hydrogen) atoms. The first-order valence-corrected chi connectivity index (χ1v) is 7.98. The molecule has 0 spiro atoms. The van der Waals surface area contributed by atoms with Crippen molar-refractivity contribution in [2.45, 2.75) is 12.0 Å². The number of hydrogen-bond acceptors (Lipinski definition) is 3. The molecule has 1 aliphatic heterocycles. The summed E-state index contributed by atoms with van der Waals surface area (Å²) >= 11 is 3.50. The summed E-state index contributed by atoms with van der Waals surface area (Å²) < 4.78 is 1.08. The second kappa shape index (κ2) is 5.21. The summed E-state index contributed by atoms with van der Waals surface area (Å²) in [5.41, 5.74) is 2.98. The number of amidine groups is 1. The molecule has 0 saturated heterocycles. The summed E-state index contributed by atoms with van der Waals surface area (Å²) in [6.07, 6.45) is 10.8. The molecule has 2 heterocycles. The van der Waals surface area contributed by atoms with Crippen LogP contribution in [0.4, 0.5) is 0 Å². The number of hydrogen-bond donors (Lipinski definition) is 1. The number of aromatic nitrogens is 1. The minimum atomic E-state index is -0.347. The SMILES string of the molecule is Brc1ccc(C23CC=CC=C2NC(c2cccnc2)=N3)cc1. The van der Waals surface area contributed by atoms with Gasteiger partial charge in [0.2, 0.25) is 0 Å². The Kier molecular flexibility index (Phi) is 3.19. The van der Waals surface area contributed by atoms with E-state index in [9.17, 15) is 0 Å². The average Bonchev–Trinajstić information content (AvgIpc) is 2.97. The van der Waals surface area contributed by atoms with E-state index in [1.165, 1.54) is 5.56 Å². The smallest absolute Gasteiger partial charge is 0.135 e. The first-order valence-electron chi connectivity index (χ1n) is 7.19. The van der Waals surface area contributed by atoms with Gasteiger partial charge in [-0.05, 0) is 35.9 Å². The van der Waals surface area contributed by atoms with E-state index >= 15 is 0 Å². The first-order chi connectivity index (χ1) is 10.8. The molecule has 1 aromatic heterocycles. The van der Waals surface area contributed by atoms with E-state index in [2.05, 4.69) is 68.7 Å². The second-order valence-electron chi connectivity index (χ2n) is 5.41. The molecule has 2 aliphatic rings. The molecule has 1 atom stereocenters. The molecule has 0 saturated carbocycles. The summed E-state index contributed by atoms with van der Waals surface area (Å²) in [5.74, 6) is 0.881. The number of nitrogens with zero attached hydrogens (tertiary/aromatic N) is 2. The Hall–Kier alpha value is -2.20. The molecule has 0 fully saturated rings. The molecule has 4 heteroatoms. The van der Waals surface area contributed by atoms with Gasteiger partial charge in [0.05, 0.1) is 0 Å². The van der Waals surface area contributed by atoms with Crippen LogP contribution in [-0.2, 0) is 5.54 Å². The Balaban J connectivity index is 1.84. The highest BCUT2D eigenvalue weighted by atomic mass is 79.9. The predicted octanol–water partition coefficient (Wildman–Crippen LogP) is 3.93. The number of fused-ring (bicyclic) bond motifs is 1. The van der Waals surface area contributed by atoms with Crippen molar-refractivity contribution in [3.8, 4) is 0 Å². The molecular formula is C18H14BrN3. The number of nitrogens with one attached hydrogen (secondary N) is 1. The summed E-state index contributed by atoms with van der Waals surface area (Å²) in [5, 5.41) is 3.47. The van der Waals surface area contributed by atoms with Crippen molar-refractivity contribution in [1.29, 1.82) is 0 Å². The van der Waals surface area contributed by atoms with Gasteiger partial charge in [0.15, 0.2) is 0 Å². The Morgan fingerprint density at radius 3 is 2.77 bits per heavy atom. The highest BCUT2D eigenvalue weighted by Crippen LogP contribution is 2.42. The van der Waals surface area contributed by atoms with Gasteiger partial charge in [-0.25, -0.2) is 4.99 Å². The molecule has 4 rings (SSSR count). The second-order valence-corrected chi connectivity index (χ2v) is 6.32. The predicted molar refractivity (Wildman–Crippen MR) is 91.6 cm³/mol. The normalized spacial score (nSPS) is 22.6. The molecule has 108 valence electrons. The van der Waals surface area contributed by atoms with Crippen molar-refractivity contribution in [1.82, 2.24) is 10.3 Å². The van der Waals surface area contributed by atoms with Crippen LogP contribution in [-0.4, -0.2) is 10.8 Å². The number of pyridine rings is 1. The Morgan fingerprint density at radius 2 is 2.00 bits per heavy atom. The molecule has 0 bridgehead atoms. The highest BCUT2D eigenvalue weighted by molar-refractivity contribution is 9.10. The molecule has 0 amide bonds. The quantitative estimate of drug-likeness (QED) is 0.889. The lowest BCUT2D eigenvalue weighted by molar-refractivity contribution is 0.540. The van der Waals surface area contributed by atoms with Crippen LogP contribution < -0.4 is 5.32 Å². The van der Waals surface area contributed by atoms with Crippen LogP contribution in [0.1, 0.15) is 17.5 Å². The Bertz CT molecular complexity index is 791. The van der Waals surface area contributed by atoms with E-state index in [-0.39, 0.29) is 5.54 Å². The zero-order valence-corrected chi connectivity index (χ0v) is 13.4. The molecule has 1 aliphatic carbocycles. The van der Waals surface area contributed by atoms with Gasteiger partial charge in [-0.2, -0.15) is 0 Å². The van der Waals surface area contributed by atoms with Crippen LogP contribution in [0.2, 0.25) is 0 Å². The molecule has 3 nitrogen and oxygen atoms in total. The van der Waals surface area contributed by atoms with Gasteiger partial charge in [-0.3, -0.25) is 4.98 Å². The van der Waals surface area contributed by atoms with Crippen LogP contribution in [0.5, 0.6) is 0 Å². The molecule has 1 unspecified atom stereocenters. The summed E-state index contributed by atoms with van der Waals surface area (Å²) in [6.45, 7) is 0. The molecule has 0 radical (unpaired) electrons. The fourth-order valence-electron chi connectivity index (χ4n) is 2.95.